The van der Waals surface area contributed by atoms with Crippen molar-refractivity contribution >= 4 is 5.91 Å². The maximum atomic E-state index is 11.4. The van der Waals surface area contributed by atoms with Crippen molar-refractivity contribution in [1.82, 2.24) is 10.2 Å². The molecule has 104 valence electrons. The van der Waals surface area contributed by atoms with Gasteiger partial charge in [0.05, 0.1) is 12.1 Å². The summed E-state index contributed by atoms with van der Waals surface area (Å²) in [5, 5.41) is 12.7. The monoisotopic (exact) mass is 264 g/mol. The van der Waals surface area contributed by atoms with E-state index in [4.69, 9.17) is 4.74 Å². The standard InChI is InChI=1S/C14H20N2O3/c1-19-10-14(18)15-12-8-16(9-13(12)17)7-11-5-3-2-4-6-11/h2-6,12-13,17H,7-10H2,1H3,(H,15,18)/t12-,13-/m1/s1. The van der Waals surface area contributed by atoms with E-state index in [-0.39, 0.29) is 18.6 Å². The van der Waals surface area contributed by atoms with Crippen molar-refractivity contribution in [3.05, 3.63) is 35.9 Å². The molecule has 5 heteroatoms. The van der Waals surface area contributed by atoms with E-state index >= 15 is 0 Å². The number of methoxy groups -OCH3 is 1. The van der Waals surface area contributed by atoms with Crippen LogP contribution < -0.4 is 5.32 Å². The van der Waals surface area contributed by atoms with Gasteiger partial charge in [0.2, 0.25) is 5.91 Å². The zero-order valence-electron chi connectivity index (χ0n) is 11.1. The van der Waals surface area contributed by atoms with Crippen LogP contribution in [0.4, 0.5) is 0 Å². The van der Waals surface area contributed by atoms with Crippen LogP contribution in [0, 0.1) is 0 Å². The molecule has 0 aromatic heterocycles. The third-order valence-corrected chi connectivity index (χ3v) is 3.24. The molecular formula is C14H20N2O3. The smallest absolute Gasteiger partial charge is 0.246 e. The highest BCUT2D eigenvalue weighted by Gasteiger charge is 2.32. The average molecular weight is 264 g/mol. The molecule has 0 unspecified atom stereocenters. The van der Waals surface area contributed by atoms with Gasteiger partial charge in [-0.3, -0.25) is 9.69 Å². The molecule has 0 bridgehead atoms. The summed E-state index contributed by atoms with van der Waals surface area (Å²) >= 11 is 0. The Kier molecular flexibility index (Phi) is 4.90. The van der Waals surface area contributed by atoms with Crippen LogP contribution in [-0.4, -0.2) is 54.9 Å². The molecule has 1 aliphatic rings. The van der Waals surface area contributed by atoms with Crippen LogP contribution in [0.3, 0.4) is 0 Å². The predicted molar refractivity (Wildman–Crippen MR) is 71.5 cm³/mol. The average Bonchev–Trinajstić information content (AvgIpc) is 2.71. The van der Waals surface area contributed by atoms with Gasteiger partial charge in [0.25, 0.3) is 0 Å². The first kappa shape index (κ1) is 14.0. The summed E-state index contributed by atoms with van der Waals surface area (Å²) in [7, 11) is 1.48. The maximum Gasteiger partial charge on any atom is 0.246 e. The Hall–Kier alpha value is -1.43. The van der Waals surface area contributed by atoms with Crippen molar-refractivity contribution < 1.29 is 14.6 Å². The summed E-state index contributed by atoms with van der Waals surface area (Å²) in [6.45, 7) is 2.05. The van der Waals surface area contributed by atoms with Crippen LogP contribution in [-0.2, 0) is 16.1 Å². The lowest BCUT2D eigenvalue weighted by atomic mass is 10.2. The molecular weight excluding hydrogens is 244 g/mol. The molecule has 1 aromatic rings. The number of ether oxygens (including phenoxy) is 1. The molecule has 0 spiro atoms. The van der Waals surface area contributed by atoms with E-state index in [1.54, 1.807) is 0 Å². The Morgan fingerprint density at radius 1 is 1.42 bits per heavy atom. The third-order valence-electron chi connectivity index (χ3n) is 3.24. The number of aliphatic hydroxyl groups is 1. The van der Waals surface area contributed by atoms with Gasteiger partial charge >= 0.3 is 0 Å². The fraction of sp³-hybridized carbons (Fsp3) is 0.500. The molecule has 1 fully saturated rings. The van der Waals surface area contributed by atoms with Crippen LogP contribution in [0.1, 0.15) is 5.56 Å². The second kappa shape index (κ2) is 6.65. The van der Waals surface area contributed by atoms with Crippen LogP contribution in [0.25, 0.3) is 0 Å². The Morgan fingerprint density at radius 2 is 2.16 bits per heavy atom. The minimum Gasteiger partial charge on any atom is -0.390 e. The molecule has 0 aliphatic carbocycles. The Balaban J connectivity index is 1.85. The lowest BCUT2D eigenvalue weighted by molar-refractivity contribution is -0.125. The molecule has 1 amide bonds. The van der Waals surface area contributed by atoms with Gasteiger partial charge in [-0.05, 0) is 5.56 Å². The van der Waals surface area contributed by atoms with Gasteiger partial charge in [0, 0.05) is 26.7 Å². The first-order chi connectivity index (χ1) is 9.19. The second-order valence-corrected chi connectivity index (χ2v) is 4.85. The topological polar surface area (TPSA) is 61.8 Å². The zero-order chi connectivity index (χ0) is 13.7. The highest BCUT2D eigenvalue weighted by molar-refractivity contribution is 5.77. The molecule has 1 saturated heterocycles. The molecule has 1 heterocycles. The normalized spacial score (nSPS) is 23.5. The number of rotatable bonds is 5. The fourth-order valence-corrected chi connectivity index (χ4v) is 2.36. The minimum atomic E-state index is -0.524. The van der Waals surface area contributed by atoms with E-state index in [0.717, 1.165) is 6.54 Å². The molecule has 5 nitrogen and oxygen atoms in total. The third kappa shape index (κ3) is 4.02. The van der Waals surface area contributed by atoms with Crippen molar-refractivity contribution in [3.63, 3.8) is 0 Å². The number of benzene rings is 1. The van der Waals surface area contributed by atoms with Gasteiger partial charge in [-0.2, -0.15) is 0 Å². The van der Waals surface area contributed by atoms with E-state index in [0.29, 0.717) is 13.1 Å². The van der Waals surface area contributed by atoms with Crippen LogP contribution in [0.2, 0.25) is 0 Å². The number of carbonyl (C=O) groups is 1. The summed E-state index contributed by atoms with van der Waals surface area (Å²) in [6, 6.07) is 9.88. The maximum absolute atomic E-state index is 11.4. The number of aliphatic hydroxyl groups excluding tert-OH is 1. The van der Waals surface area contributed by atoms with Crippen molar-refractivity contribution in [3.8, 4) is 0 Å². The van der Waals surface area contributed by atoms with E-state index in [9.17, 15) is 9.90 Å². The summed E-state index contributed by atoms with van der Waals surface area (Å²) in [4.78, 5) is 13.6. The van der Waals surface area contributed by atoms with Crippen molar-refractivity contribution in [1.29, 1.82) is 0 Å². The summed E-state index contributed by atoms with van der Waals surface area (Å²) in [5.74, 6) is -0.187. The second-order valence-electron chi connectivity index (χ2n) is 4.85. The predicted octanol–water partition coefficient (Wildman–Crippen LogP) is -0.00570. The molecule has 1 aliphatic heterocycles. The van der Waals surface area contributed by atoms with Crippen molar-refractivity contribution in [2.24, 2.45) is 0 Å². The van der Waals surface area contributed by atoms with E-state index in [1.165, 1.54) is 12.7 Å². The van der Waals surface area contributed by atoms with Crippen LogP contribution in [0.15, 0.2) is 30.3 Å². The molecule has 2 N–H and O–H groups in total. The molecule has 0 saturated carbocycles. The number of likely N-dealkylation sites (tertiary alicyclic amines) is 1. The van der Waals surface area contributed by atoms with Gasteiger partial charge in [-0.15, -0.1) is 0 Å². The number of hydrogen-bond donors (Lipinski definition) is 2. The van der Waals surface area contributed by atoms with Gasteiger partial charge in [-0.1, -0.05) is 30.3 Å². The van der Waals surface area contributed by atoms with E-state index in [1.807, 2.05) is 18.2 Å². The first-order valence-corrected chi connectivity index (χ1v) is 6.41. The number of carbonyl (C=O) groups excluding carboxylic acids is 1. The van der Waals surface area contributed by atoms with Gasteiger partial charge in [-0.25, -0.2) is 0 Å². The lowest BCUT2D eigenvalue weighted by Gasteiger charge is -2.16. The largest absolute Gasteiger partial charge is 0.390 e. The highest BCUT2D eigenvalue weighted by Crippen LogP contribution is 2.14. The van der Waals surface area contributed by atoms with Crippen molar-refractivity contribution in [2.45, 2.75) is 18.7 Å². The van der Waals surface area contributed by atoms with Crippen LogP contribution in [0.5, 0.6) is 0 Å². The summed E-state index contributed by atoms with van der Waals surface area (Å²) in [5.41, 5.74) is 1.21. The molecule has 0 radical (unpaired) electrons. The lowest BCUT2D eigenvalue weighted by Crippen LogP contribution is -2.44. The zero-order valence-corrected chi connectivity index (χ0v) is 11.1. The number of nitrogens with zero attached hydrogens (tertiary/aromatic N) is 1. The number of nitrogens with one attached hydrogen (secondary N) is 1. The minimum absolute atomic E-state index is 0.0297. The fourth-order valence-electron chi connectivity index (χ4n) is 2.36. The summed E-state index contributed by atoms with van der Waals surface area (Å²) < 4.78 is 4.76. The first-order valence-electron chi connectivity index (χ1n) is 6.41. The van der Waals surface area contributed by atoms with Gasteiger partial charge in [0.1, 0.15) is 6.61 Å². The molecule has 2 rings (SSSR count). The van der Waals surface area contributed by atoms with E-state index < -0.39 is 6.10 Å². The van der Waals surface area contributed by atoms with Crippen LogP contribution >= 0.6 is 0 Å². The highest BCUT2D eigenvalue weighted by atomic mass is 16.5. The van der Waals surface area contributed by atoms with Gasteiger partial charge in [0.15, 0.2) is 0 Å². The van der Waals surface area contributed by atoms with Crippen molar-refractivity contribution in [2.75, 3.05) is 26.8 Å². The Bertz CT molecular complexity index is 410. The number of β-amino-alcohol motifs (C(OH)–C–C–N with tert-alkyl or cyclic N) is 1. The quantitative estimate of drug-likeness (QED) is 0.785. The molecule has 19 heavy (non-hydrogen) atoms. The Morgan fingerprint density at radius 3 is 2.84 bits per heavy atom. The SMILES string of the molecule is COCC(=O)N[C@@H]1CN(Cc2ccccc2)C[C@H]1O. The van der Waals surface area contributed by atoms with Gasteiger partial charge < -0.3 is 15.2 Å². The molecule has 2 atom stereocenters. The Labute approximate surface area is 113 Å². The molecule has 1 aromatic carbocycles. The number of amides is 1. The number of hydrogen-bond acceptors (Lipinski definition) is 4. The summed E-state index contributed by atoms with van der Waals surface area (Å²) in [6.07, 6.45) is -0.524. The van der Waals surface area contributed by atoms with E-state index in [2.05, 4.69) is 22.3 Å².